The van der Waals surface area contributed by atoms with Crippen LogP contribution in [0, 0.1) is 0 Å². The van der Waals surface area contributed by atoms with Crippen LogP contribution in [0.4, 0.5) is 0 Å². The summed E-state index contributed by atoms with van der Waals surface area (Å²) in [5, 5.41) is 6.40. The molecule has 4 aromatic heterocycles. The van der Waals surface area contributed by atoms with Gasteiger partial charge in [0.05, 0.1) is 11.0 Å². The maximum atomic E-state index is 6.32. The van der Waals surface area contributed by atoms with Crippen LogP contribution in [0.2, 0.25) is 0 Å². The Balaban J connectivity index is 1.19. The summed E-state index contributed by atoms with van der Waals surface area (Å²) >= 11 is 0. The highest BCUT2D eigenvalue weighted by molar-refractivity contribution is 6.17. The average Bonchev–Trinajstić information content (AvgIpc) is 3.86. The fourth-order valence-corrected chi connectivity index (χ4v) is 7.46. The number of nitrogens with zero attached hydrogens (tertiary/aromatic N) is 4. The van der Waals surface area contributed by atoms with Gasteiger partial charge in [-0.15, -0.1) is 0 Å². The van der Waals surface area contributed by atoms with Crippen LogP contribution in [0.15, 0.2) is 167 Å². The lowest BCUT2D eigenvalue weighted by molar-refractivity contribution is 0.669. The van der Waals surface area contributed by atoms with Crippen LogP contribution in [-0.4, -0.2) is 19.5 Å². The van der Waals surface area contributed by atoms with Crippen molar-refractivity contribution in [2.24, 2.45) is 0 Å². The zero-order chi connectivity index (χ0) is 33.5. The van der Waals surface area contributed by atoms with Crippen molar-refractivity contribution < 1.29 is 8.83 Å². The molecule has 0 amide bonds. The fourth-order valence-electron chi connectivity index (χ4n) is 7.46. The zero-order valence-corrected chi connectivity index (χ0v) is 27.1. The molecule has 6 heteroatoms. The van der Waals surface area contributed by atoms with Crippen molar-refractivity contribution in [2.75, 3.05) is 0 Å². The van der Waals surface area contributed by atoms with E-state index in [1.165, 1.54) is 0 Å². The maximum absolute atomic E-state index is 6.32. The molecule has 0 atom stereocenters. The van der Waals surface area contributed by atoms with Gasteiger partial charge in [-0.05, 0) is 59.7 Å². The Hall–Kier alpha value is -7.05. The molecule has 4 heterocycles. The number of rotatable bonds is 4. The topological polar surface area (TPSA) is 69.9 Å². The lowest BCUT2D eigenvalue weighted by Gasteiger charge is -2.12. The minimum atomic E-state index is 0.531. The molecule has 0 fully saturated rings. The molecule has 0 spiro atoms. The lowest BCUT2D eigenvalue weighted by atomic mass is 10.0. The molecule has 0 N–H and O–H groups in total. The molecule has 0 aliphatic carbocycles. The van der Waals surface area contributed by atoms with Gasteiger partial charge < -0.3 is 8.83 Å². The van der Waals surface area contributed by atoms with E-state index in [1.54, 1.807) is 0 Å². The van der Waals surface area contributed by atoms with Gasteiger partial charge in [0.15, 0.2) is 11.6 Å². The summed E-state index contributed by atoms with van der Waals surface area (Å²) in [6.07, 6.45) is 0. The fraction of sp³-hybridized carbons (Fsp3) is 0. The third-order valence-electron chi connectivity index (χ3n) is 9.86. The first-order valence-corrected chi connectivity index (χ1v) is 16.9. The van der Waals surface area contributed by atoms with Gasteiger partial charge in [-0.3, -0.25) is 4.57 Å². The quantitative estimate of drug-likeness (QED) is 0.189. The molecular formula is C45H26N4O2. The second-order valence-electron chi connectivity index (χ2n) is 12.9. The summed E-state index contributed by atoms with van der Waals surface area (Å²) in [6, 6.07) is 54.0. The normalized spacial score (nSPS) is 11.9. The van der Waals surface area contributed by atoms with Crippen LogP contribution in [0.5, 0.6) is 0 Å². The summed E-state index contributed by atoms with van der Waals surface area (Å²) in [6.45, 7) is 0. The number of para-hydroxylation sites is 3. The van der Waals surface area contributed by atoms with E-state index in [4.69, 9.17) is 23.8 Å². The van der Waals surface area contributed by atoms with Gasteiger partial charge >= 0.3 is 0 Å². The highest BCUT2D eigenvalue weighted by Crippen LogP contribution is 2.39. The van der Waals surface area contributed by atoms with Gasteiger partial charge in [0.2, 0.25) is 5.95 Å². The van der Waals surface area contributed by atoms with Gasteiger partial charge in [0.1, 0.15) is 22.3 Å². The van der Waals surface area contributed by atoms with E-state index in [0.717, 1.165) is 87.9 Å². The number of fused-ring (bicyclic) bond motifs is 9. The molecule has 6 nitrogen and oxygen atoms in total. The smallest absolute Gasteiger partial charge is 0.238 e. The average molecular weight is 655 g/mol. The molecule has 7 aromatic carbocycles. The van der Waals surface area contributed by atoms with Gasteiger partial charge in [0, 0.05) is 43.4 Å². The highest BCUT2D eigenvalue weighted by atomic mass is 16.3. The molecular weight excluding hydrogens is 629 g/mol. The standard InChI is InChI=1S/C45H26N4O2/c1-2-11-27(12-3-1)28-13-10-14-29(23-28)43-46-44(30-21-22-34-32-16-5-8-19-39(32)50-41(34)24-30)48-45(47-43)49-37-18-7-4-15-31(37)35-26-42-36(25-38(35)49)33-17-6-9-20-40(33)51-42/h1-26H. The molecule has 11 rings (SSSR count). The van der Waals surface area contributed by atoms with E-state index in [1.807, 2.05) is 48.5 Å². The van der Waals surface area contributed by atoms with Crippen LogP contribution in [0.1, 0.15) is 0 Å². The van der Waals surface area contributed by atoms with E-state index >= 15 is 0 Å². The monoisotopic (exact) mass is 654 g/mol. The zero-order valence-electron chi connectivity index (χ0n) is 27.1. The largest absolute Gasteiger partial charge is 0.456 e. The number of hydrogen-bond donors (Lipinski definition) is 0. The molecule has 0 saturated carbocycles. The van der Waals surface area contributed by atoms with Gasteiger partial charge in [-0.2, -0.15) is 9.97 Å². The number of aromatic nitrogens is 4. The van der Waals surface area contributed by atoms with Crippen LogP contribution in [0.25, 0.3) is 106 Å². The van der Waals surface area contributed by atoms with Crippen LogP contribution in [-0.2, 0) is 0 Å². The molecule has 11 aromatic rings. The van der Waals surface area contributed by atoms with E-state index in [9.17, 15) is 0 Å². The summed E-state index contributed by atoms with van der Waals surface area (Å²) < 4.78 is 14.8. The third kappa shape index (κ3) is 4.33. The van der Waals surface area contributed by atoms with Crippen LogP contribution in [0.3, 0.4) is 0 Å². The molecule has 0 aliphatic heterocycles. The van der Waals surface area contributed by atoms with Crippen molar-refractivity contribution in [3.63, 3.8) is 0 Å². The number of hydrogen-bond acceptors (Lipinski definition) is 5. The number of benzene rings is 7. The van der Waals surface area contributed by atoms with Gasteiger partial charge in [0.25, 0.3) is 0 Å². The summed E-state index contributed by atoms with van der Waals surface area (Å²) in [4.78, 5) is 15.6. The van der Waals surface area contributed by atoms with E-state index in [0.29, 0.717) is 17.6 Å². The van der Waals surface area contributed by atoms with Crippen molar-refractivity contribution in [3.05, 3.63) is 158 Å². The first-order valence-electron chi connectivity index (χ1n) is 16.9. The Morgan fingerprint density at radius 2 is 0.922 bits per heavy atom. The summed E-state index contributed by atoms with van der Waals surface area (Å²) in [5.41, 5.74) is 9.29. The Bertz CT molecular complexity index is 3150. The van der Waals surface area contributed by atoms with E-state index < -0.39 is 0 Å². The molecule has 238 valence electrons. The predicted octanol–water partition coefficient (Wildman–Crippen LogP) is 11.8. The molecule has 0 saturated heterocycles. The number of furan rings is 2. The minimum Gasteiger partial charge on any atom is -0.456 e. The van der Waals surface area contributed by atoms with Crippen molar-refractivity contribution >= 4 is 65.7 Å². The minimum absolute atomic E-state index is 0.531. The lowest BCUT2D eigenvalue weighted by Crippen LogP contribution is -2.06. The summed E-state index contributed by atoms with van der Waals surface area (Å²) in [7, 11) is 0. The van der Waals surface area contributed by atoms with Crippen molar-refractivity contribution in [1.82, 2.24) is 19.5 Å². The molecule has 0 unspecified atom stereocenters. The van der Waals surface area contributed by atoms with Crippen molar-refractivity contribution in [2.45, 2.75) is 0 Å². The molecule has 0 aliphatic rings. The maximum Gasteiger partial charge on any atom is 0.238 e. The van der Waals surface area contributed by atoms with Crippen LogP contribution < -0.4 is 0 Å². The predicted molar refractivity (Wildman–Crippen MR) is 205 cm³/mol. The SMILES string of the molecule is c1ccc(-c2cccc(-c3nc(-c4ccc5c(c4)oc4ccccc45)nc(-n4c5ccccc5c5cc6oc7ccccc7c6cc54)n3)c2)cc1. The van der Waals surface area contributed by atoms with Crippen molar-refractivity contribution in [3.8, 4) is 39.9 Å². The van der Waals surface area contributed by atoms with Crippen LogP contribution >= 0.6 is 0 Å². The van der Waals surface area contributed by atoms with E-state index in [2.05, 4.69) is 114 Å². The molecule has 51 heavy (non-hydrogen) atoms. The molecule has 0 bridgehead atoms. The third-order valence-corrected chi connectivity index (χ3v) is 9.86. The van der Waals surface area contributed by atoms with Gasteiger partial charge in [-0.1, -0.05) is 109 Å². The highest BCUT2D eigenvalue weighted by Gasteiger charge is 2.20. The first-order chi connectivity index (χ1) is 25.2. The van der Waals surface area contributed by atoms with Gasteiger partial charge in [-0.25, -0.2) is 4.98 Å². The van der Waals surface area contributed by atoms with E-state index in [-0.39, 0.29) is 0 Å². The Morgan fingerprint density at radius 3 is 1.71 bits per heavy atom. The summed E-state index contributed by atoms with van der Waals surface area (Å²) in [5.74, 6) is 1.67. The molecule has 0 radical (unpaired) electrons. The Morgan fingerprint density at radius 1 is 0.333 bits per heavy atom. The van der Waals surface area contributed by atoms with Crippen molar-refractivity contribution in [1.29, 1.82) is 0 Å². The Kier molecular flexibility index (Phi) is 5.86. The second-order valence-corrected chi connectivity index (χ2v) is 12.9. The second kappa shape index (κ2) is 10.7. The first kappa shape index (κ1) is 27.9. The Labute approximate surface area is 290 Å².